The van der Waals surface area contributed by atoms with Crippen molar-refractivity contribution < 1.29 is 13.6 Å². The molecule has 0 saturated heterocycles. The Morgan fingerprint density at radius 3 is 2.61 bits per heavy atom. The predicted octanol–water partition coefficient (Wildman–Crippen LogP) is 3.59. The maximum absolute atomic E-state index is 13.6. The summed E-state index contributed by atoms with van der Waals surface area (Å²) in [4.78, 5) is 13.9. The summed E-state index contributed by atoms with van der Waals surface area (Å²) in [6, 6.07) is 12.6. The molecule has 0 aliphatic rings. The van der Waals surface area contributed by atoms with Crippen LogP contribution in [0.15, 0.2) is 61.2 Å². The van der Waals surface area contributed by atoms with Gasteiger partial charge in [-0.25, -0.2) is 8.78 Å². The van der Waals surface area contributed by atoms with Crippen molar-refractivity contribution in [1.82, 2.24) is 4.90 Å². The Labute approximate surface area is 134 Å². The van der Waals surface area contributed by atoms with Gasteiger partial charge < -0.3 is 5.32 Å². The fraction of sp³-hybridized carbons (Fsp3) is 0.167. The number of hydrogen-bond acceptors (Lipinski definition) is 2. The molecule has 0 heterocycles. The van der Waals surface area contributed by atoms with E-state index in [1.165, 1.54) is 0 Å². The number of hydrogen-bond donors (Lipinski definition) is 1. The van der Waals surface area contributed by atoms with Gasteiger partial charge in [0.15, 0.2) is 0 Å². The fourth-order valence-electron chi connectivity index (χ4n) is 2.20. The van der Waals surface area contributed by atoms with Gasteiger partial charge in [-0.3, -0.25) is 9.69 Å². The zero-order valence-corrected chi connectivity index (χ0v) is 12.6. The summed E-state index contributed by atoms with van der Waals surface area (Å²) in [5.41, 5.74) is 0.896. The summed E-state index contributed by atoms with van der Waals surface area (Å²) in [6.07, 6.45) is 1.69. The molecule has 0 aliphatic carbocycles. The van der Waals surface area contributed by atoms with Gasteiger partial charge in [-0.2, -0.15) is 0 Å². The molecule has 2 aromatic carbocycles. The lowest BCUT2D eigenvalue weighted by Crippen LogP contribution is -2.33. The maximum atomic E-state index is 13.6. The third-order valence-electron chi connectivity index (χ3n) is 3.21. The first-order valence-electron chi connectivity index (χ1n) is 7.20. The summed E-state index contributed by atoms with van der Waals surface area (Å²) in [5.74, 6) is -1.68. The van der Waals surface area contributed by atoms with E-state index in [-0.39, 0.29) is 12.2 Å². The van der Waals surface area contributed by atoms with Gasteiger partial charge in [0.05, 0.1) is 12.2 Å². The van der Waals surface area contributed by atoms with Crippen LogP contribution in [-0.4, -0.2) is 23.9 Å². The van der Waals surface area contributed by atoms with E-state index in [0.717, 1.165) is 23.8 Å². The standard InChI is InChI=1S/C18H18F2N2O/c1-2-10-22(12-14-6-4-3-5-7-14)13-18(23)21-17-11-15(19)8-9-16(17)20/h2-9,11H,1,10,12-13H2,(H,21,23). The van der Waals surface area contributed by atoms with Gasteiger partial charge in [0.1, 0.15) is 11.6 Å². The number of nitrogens with zero attached hydrogens (tertiary/aromatic N) is 1. The number of amides is 1. The van der Waals surface area contributed by atoms with E-state index in [1.54, 1.807) is 6.08 Å². The molecular formula is C18H18F2N2O. The first-order valence-corrected chi connectivity index (χ1v) is 7.20. The summed E-state index contributed by atoms with van der Waals surface area (Å²) >= 11 is 0. The minimum absolute atomic E-state index is 0.0524. The number of carbonyl (C=O) groups is 1. The van der Waals surface area contributed by atoms with E-state index in [2.05, 4.69) is 11.9 Å². The minimum atomic E-state index is -0.668. The lowest BCUT2D eigenvalue weighted by molar-refractivity contribution is -0.117. The second-order valence-electron chi connectivity index (χ2n) is 5.12. The van der Waals surface area contributed by atoms with Gasteiger partial charge in [-0.1, -0.05) is 36.4 Å². The highest BCUT2D eigenvalue weighted by molar-refractivity contribution is 5.92. The molecule has 0 saturated carbocycles. The van der Waals surface area contributed by atoms with Crippen LogP contribution < -0.4 is 5.32 Å². The average molecular weight is 316 g/mol. The van der Waals surface area contributed by atoms with Crippen molar-refractivity contribution in [3.05, 3.63) is 78.4 Å². The van der Waals surface area contributed by atoms with Crippen LogP contribution in [0, 0.1) is 11.6 Å². The molecule has 0 fully saturated rings. The van der Waals surface area contributed by atoms with Gasteiger partial charge >= 0.3 is 0 Å². The number of rotatable bonds is 7. The van der Waals surface area contributed by atoms with E-state index in [0.29, 0.717) is 13.1 Å². The van der Waals surface area contributed by atoms with E-state index >= 15 is 0 Å². The van der Waals surface area contributed by atoms with Gasteiger partial charge in [-0.05, 0) is 17.7 Å². The molecule has 2 rings (SSSR count). The predicted molar refractivity (Wildman–Crippen MR) is 86.9 cm³/mol. The lowest BCUT2D eigenvalue weighted by Gasteiger charge is -2.20. The fourth-order valence-corrected chi connectivity index (χ4v) is 2.20. The second-order valence-corrected chi connectivity index (χ2v) is 5.12. The van der Waals surface area contributed by atoms with E-state index in [4.69, 9.17) is 0 Å². The lowest BCUT2D eigenvalue weighted by atomic mass is 10.2. The third-order valence-corrected chi connectivity index (χ3v) is 3.21. The molecule has 2 aromatic rings. The van der Waals surface area contributed by atoms with E-state index in [1.807, 2.05) is 35.2 Å². The van der Waals surface area contributed by atoms with E-state index < -0.39 is 17.5 Å². The molecule has 0 spiro atoms. The summed E-state index contributed by atoms with van der Waals surface area (Å²) in [7, 11) is 0. The van der Waals surface area contributed by atoms with Crippen molar-refractivity contribution >= 4 is 11.6 Å². The maximum Gasteiger partial charge on any atom is 0.238 e. The molecule has 23 heavy (non-hydrogen) atoms. The minimum Gasteiger partial charge on any atom is -0.322 e. The summed E-state index contributed by atoms with van der Waals surface area (Å²) in [5, 5.41) is 2.40. The largest absolute Gasteiger partial charge is 0.322 e. The van der Waals surface area contributed by atoms with E-state index in [9.17, 15) is 13.6 Å². The van der Waals surface area contributed by atoms with Crippen LogP contribution in [0.4, 0.5) is 14.5 Å². The van der Waals surface area contributed by atoms with Gasteiger partial charge in [0, 0.05) is 19.2 Å². The van der Waals surface area contributed by atoms with Crippen molar-refractivity contribution in [3.8, 4) is 0 Å². The molecule has 1 amide bonds. The molecule has 0 atom stereocenters. The molecular weight excluding hydrogens is 298 g/mol. The Morgan fingerprint density at radius 2 is 1.91 bits per heavy atom. The average Bonchev–Trinajstić information content (AvgIpc) is 2.52. The van der Waals surface area contributed by atoms with Gasteiger partial charge in [0.2, 0.25) is 5.91 Å². The SMILES string of the molecule is C=CCN(CC(=O)Nc1cc(F)ccc1F)Cc1ccccc1. The Morgan fingerprint density at radius 1 is 1.17 bits per heavy atom. The van der Waals surface area contributed by atoms with Crippen molar-refractivity contribution in [1.29, 1.82) is 0 Å². The summed E-state index contributed by atoms with van der Waals surface area (Å²) < 4.78 is 26.7. The molecule has 0 radical (unpaired) electrons. The van der Waals surface area contributed by atoms with Crippen LogP contribution in [0.5, 0.6) is 0 Å². The topological polar surface area (TPSA) is 32.3 Å². The zero-order chi connectivity index (χ0) is 16.7. The first kappa shape index (κ1) is 16.8. The van der Waals surface area contributed by atoms with Gasteiger partial charge in [-0.15, -0.1) is 6.58 Å². The molecule has 5 heteroatoms. The molecule has 0 aliphatic heterocycles. The quantitative estimate of drug-likeness (QED) is 0.792. The normalized spacial score (nSPS) is 10.6. The van der Waals surface area contributed by atoms with Crippen LogP contribution in [0.2, 0.25) is 0 Å². The highest BCUT2D eigenvalue weighted by Gasteiger charge is 2.12. The monoisotopic (exact) mass is 316 g/mol. The Hall–Kier alpha value is -2.53. The highest BCUT2D eigenvalue weighted by atomic mass is 19.1. The highest BCUT2D eigenvalue weighted by Crippen LogP contribution is 2.15. The number of carbonyl (C=O) groups excluding carboxylic acids is 1. The van der Waals surface area contributed by atoms with Crippen molar-refractivity contribution in [3.63, 3.8) is 0 Å². The molecule has 0 bridgehead atoms. The second kappa shape index (κ2) is 8.19. The Balaban J connectivity index is 2.00. The van der Waals surface area contributed by atoms with Crippen molar-refractivity contribution in [2.45, 2.75) is 6.54 Å². The molecule has 120 valence electrons. The first-order chi connectivity index (χ1) is 11.1. The number of benzene rings is 2. The Bertz CT molecular complexity index is 674. The number of halogens is 2. The molecule has 0 aromatic heterocycles. The molecule has 3 nitrogen and oxygen atoms in total. The van der Waals surface area contributed by atoms with Crippen molar-refractivity contribution in [2.75, 3.05) is 18.4 Å². The van der Waals surface area contributed by atoms with Crippen LogP contribution in [0.25, 0.3) is 0 Å². The number of anilines is 1. The van der Waals surface area contributed by atoms with Crippen LogP contribution in [0.1, 0.15) is 5.56 Å². The zero-order valence-electron chi connectivity index (χ0n) is 12.6. The van der Waals surface area contributed by atoms with Crippen LogP contribution >= 0.6 is 0 Å². The van der Waals surface area contributed by atoms with Crippen LogP contribution in [0.3, 0.4) is 0 Å². The number of nitrogens with one attached hydrogen (secondary N) is 1. The smallest absolute Gasteiger partial charge is 0.238 e. The summed E-state index contributed by atoms with van der Waals surface area (Å²) in [6.45, 7) is 4.80. The van der Waals surface area contributed by atoms with Crippen LogP contribution in [-0.2, 0) is 11.3 Å². The third kappa shape index (κ3) is 5.30. The van der Waals surface area contributed by atoms with Gasteiger partial charge in [0.25, 0.3) is 0 Å². The Kier molecular flexibility index (Phi) is 6.00. The molecule has 0 unspecified atom stereocenters. The van der Waals surface area contributed by atoms with Crippen molar-refractivity contribution in [2.24, 2.45) is 0 Å². The molecule has 1 N–H and O–H groups in total.